The van der Waals surface area contributed by atoms with E-state index in [1.54, 1.807) is 12.1 Å². The highest BCUT2D eigenvalue weighted by Gasteiger charge is 2.33. The zero-order valence-corrected chi connectivity index (χ0v) is 22.7. The van der Waals surface area contributed by atoms with E-state index < -0.39 is 24.3 Å². The first kappa shape index (κ1) is 28.5. The number of halogens is 4. The average Bonchev–Trinajstić information content (AvgIpc) is 3.18. The highest BCUT2D eigenvalue weighted by Crippen LogP contribution is 2.44. The van der Waals surface area contributed by atoms with Crippen molar-refractivity contribution in [3.8, 4) is 5.75 Å². The van der Waals surface area contributed by atoms with Crippen LogP contribution in [0, 0.1) is 5.41 Å². The minimum absolute atomic E-state index is 0.0569. The van der Waals surface area contributed by atoms with Crippen LogP contribution in [0.5, 0.6) is 5.75 Å². The Labute approximate surface area is 228 Å². The number of carboxylic acid groups (broad SMARTS) is 1. The Morgan fingerprint density at radius 2 is 1.92 bits per heavy atom. The summed E-state index contributed by atoms with van der Waals surface area (Å²) in [4.78, 5) is 30.3. The van der Waals surface area contributed by atoms with Gasteiger partial charge in [0.15, 0.2) is 0 Å². The molecule has 1 saturated carbocycles. The summed E-state index contributed by atoms with van der Waals surface area (Å²) >= 11 is 6.57. The third-order valence-corrected chi connectivity index (χ3v) is 7.47. The largest absolute Gasteiger partial charge is 0.573 e. The standard InChI is InChI=1S/C27H30ClF3N4O4/c1-15(24(37)38)34(4)23(36)19-12-21-22(13-20(19)28)35(17-6-5-11-26(2,3)14-17)25(33-21)32-16-7-9-18(10-8-16)39-27(29,30)31/h7-10,12-13,15,17H,5-6,11,14H2,1-4H3,(H,32,33)(H,37,38). The number of nitrogens with zero attached hydrogens (tertiary/aromatic N) is 3. The monoisotopic (exact) mass is 566 g/mol. The fourth-order valence-corrected chi connectivity index (χ4v) is 5.26. The van der Waals surface area contributed by atoms with Gasteiger partial charge in [-0.1, -0.05) is 31.9 Å². The average molecular weight is 567 g/mol. The maximum atomic E-state index is 13.1. The number of anilines is 2. The second kappa shape index (κ2) is 10.6. The summed E-state index contributed by atoms with van der Waals surface area (Å²) < 4.78 is 43.7. The van der Waals surface area contributed by atoms with Gasteiger partial charge in [0.2, 0.25) is 5.95 Å². The molecule has 210 valence electrons. The van der Waals surface area contributed by atoms with Crippen LogP contribution in [0.3, 0.4) is 0 Å². The molecule has 2 unspecified atom stereocenters. The summed E-state index contributed by atoms with van der Waals surface area (Å²) in [7, 11) is 1.39. The second-order valence-electron chi connectivity index (χ2n) is 10.7. The smallest absolute Gasteiger partial charge is 0.480 e. The van der Waals surface area contributed by atoms with Crippen LogP contribution in [0.2, 0.25) is 5.02 Å². The van der Waals surface area contributed by atoms with Gasteiger partial charge in [-0.15, -0.1) is 13.2 Å². The quantitative estimate of drug-likeness (QED) is 0.319. The molecule has 4 rings (SSSR count). The molecule has 8 nitrogen and oxygen atoms in total. The molecule has 1 aliphatic carbocycles. The van der Waals surface area contributed by atoms with Crippen molar-refractivity contribution in [3.63, 3.8) is 0 Å². The lowest BCUT2D eigenvalue weighted by atomic mass is 9.75. The van der Waals surface area contributed by atoms with Crippen LogP contribution < -0.4 is 10.1 Å². The van der Waals surface area contributed by atoms with Crippen LogP contribution in [0.1, 0.15) is 62.9 Å². The van der Waals surface area contributed by atoms with Crippen molar-refractivity contribution >= 4 is 46.1 Å². The van der Waals surface area contributed by atoms with E-state index in [-0.39, 0.29) is 27.8 Å². The Morgan fingerprint density at radius 3 is 2.51 bits per heavy atom. The van der Waals surface area contributed by atoms with Crippen molar-refractivity contribution in [2.75, 3.05) is 12.4 Å². The molecular formula is C27H30ClF3N4O4. The number of carboxylic acids is 1. The molecule has 2 aromatic carbocycles. The Morgan fingerprint density at radius 1 is 1.26 bits per heavy atom. The van der Waals surface area contributed by atoms with E-state index in [0.717, 1.165) is 30.6 Å². The molecular weight excluding hydrogens is 537 g/mol. The zero-order chi connectivity index (χ0) is 28.7. The predicted octanol–water partition coefficient (Wildman–Crippen LogP) is 7.02. The number of aromatic nitrogens is 2. The van der Waals surface area contributed by atoms with E-state index in [1.807, 2.05) is 4.57 Å². The van der Waals surface area contributed by atoms with Crippen LogP contribution >= 0.6 is 11.6 Å². The Bertz CT molecular complexity index is 1390. The van der Waals surface area contributed by atoms with Crippen molar-refractivity contribution in [2.45, 2.75) is 64.9 Å². The SMILES string of the molecule is CC(C(=O)O)N(C)C(=O)c1cc2nc(Nc3ccc(OC(F)(F)F)cc3)n(C3CCCC(C)(C)C3)c2cc1Cl. The Balaban J connectivity index is 1.76. The van der Waals surface area contributed by atoms with E-state index >= 15 is 0 Å². The molecule has 0 spiro atoms. The van der Waals surface area contributed by atoms with Gasteiger partial charge in [-0.25, -0.2) is 9.78 Å². The number of amides is 1. The molecule has 0 saturated heterocycles. The lowest BCUT2D eigenvalue weighted by Gasteiger charge is -2.36. The second-order valence-corrected chi connectivity index (χ2v) is 11.1. The molecule has 1 amide bonds. The number of carbonyl (C=O) groups excluding carboxylic acids is 1. The summed E-state index contributed by atoms with van der Waals surface area (Å²) in [5, 5.41) is 12.7. The summed E-state index contributed by atoms with van der Waals surface area (Å²) in [6.07, 6.45) is -0.960. The van der Waals surface area contributed by atoms with Crippen LogP contribution in [-0.2, 0) is 4.79 Å². The number of aliphatic carboxylic acids is 1. The van der Waals surface area contributed by atoms with Crippen molar-refractivity contribution in [1.29, 1.82) is 0 Å². The van der Waals surface area contributed by atoms with Crippen molar-refractivity contribution in [3.05, 3.63) is 47.0 Å². The number of hydrogen-bond donors (Lipinski definition) is 2. The molecule has 1 heterocycles. The van der Waals surface area contributed by atoms with Gasteiger partial charge in [0.1, 0.15) is 11.8 Å². The molecule has 0 aliphatic heterocycles. The number of alkyl halides is 3. The highest BCUT2D eigenvalue weighted by molar-refractivity contribution is 6.34. The molecule has 1 fully saturated rings. The fourth-order valence-electron chi connectivity index (χ4n) is 5.02. The lowest BCUT2D eigenvalue weighted by molar-refractivity contribution is -0.274. The Hall–Kier alpha value is -3.47. The molecule has 1 aromatic heterocycles. The molecule has 39 heavy (non-hydrogen) atoms. The van der Waals surface area contributed by atoms with Gasteiger partial charge < -0.3 is 24.6 Å². The molecule has 12 heteroatoms. The molecule has 3 aromatic rings. The van der Waals surface area contributed by atoms with Crippen LogP contribution in [-0.4, -0.2) is 50.9 Å². The lowest BCUT2D eigenvalue weighted by Crippen LogP contribution is -2.40. The minimum atomic E-state index is -4.79. The first-order valence-electron chi connectivity index (χ1n) is 12.5. The summed E-state index contributed by atoms with van der Waals surface area (Å²) in [6.45, 7) is 5.81. The first-order chi connectivity index (χ1) is 18.1. The first-order valence-corrected chi connectivity index (χ1v) is 12.9. The number of fused-ring (bicyclic) bond motifs is 1. The maximum absolute atomic E-state index is 13.1. The summed E-state index contributed by atoms with van der Waals surface area (Å²) in [6, 6.07) is 7.53. The number of rotatable bonds is 7. The van der Waals surface area contributed by atoms with Gasteiger partial charge in [-0.3, -0.25) is 4.79 Å². The van der Waals surface area contributed by atoms with E-state index in [0.29, 0.717) is 22.7 Å². The minimum Gasteiger partial charge on any atom is -0.480 e. The Kier molecular flexibility index (Phi) is 7.75. The molecule has 2 N–H and O–H groups in total. The van der Waals surface area contributed by atoms with Crippen molar-refractivity contribution < 1.29 is 32.6 Å². The topological polar surface area (TPSA) is 96.7 Å². The van der Waals surface area contributed by atoms with Crippen LogP contribution in [0.25, 0.3) is 11.0 Å². The summed E-state index contributed by atoms with van der Waals surface area (Å²) in [5.41, 5.74) is 1.86. The number of imidazole rings is 1. The maximum Gasteiger partial charge on any atom is 0.573 e. The summed E-state index contributed by atoms with van der Waals surface area (Å²) in [5.74, 6) is -1.60. The van der Waals surface area contributed by atoms with Crippen molar-refractivity contribution in [1.82, 2.24) is 14.5 Å². The number of hydrogen-bond acceptors (Lipinski definition) is 5. The highest BCUT2D eigenvalue weighted by atomic mass is 35.5. The van der Waals surface area contributed by atoms with Gasteiger partial charge in [0.05, 0.1) is 21.6 Å². The van der Waals surface area contributed by atoms with Crippen molar-refractivity contribution in [2.24, 2.45) is 5.41 Å². The van der Waals surface area contributed by atoms with E-state index in [1.165, 1.54) is 38.2 Å². The normalized spacial score (nSPS) is 18.0. The fraction of sp³-hybridized carbons (Fsp3) is 0.444. The van der Waals surface area contributed by atoms with Gasteiger partial charge in [-0.2, -0.15) is 0 Å². The number of nitrogens with one attached hydrogen (secondary N) is 1. The molecule has 2 atom stereocenters. The van der Waals surface area contributed by atoms with Crippen LogP contribution in [0.4, 0.5) is 24.8 Å². The van der Waals surface area contributed by atoms with Crippen LogP contribution in [0.15, 0.2) is 36.4 Å². The number of likely N-dealkylation sites (N-methyl/N-ethyl adjacent to an activating group) is 1. The zero-order valence-electron chi connectivity index (χ0n) is 22.0. The molecule has 0 radical (unpaired) electrons. The van der Waals surface area contributed by atoms with E-state index in [2.05, 4.69) is 23.9 Å². The number of carbonyl (C=O) groups is 2. The van der Waals surface area contributed by atoms with Gasteiger partial charge in [0.25, 0.3) is 5.91 Å². The van der Waals surface area contributed by atoms with Gasteiger partial charge >= 0.3 is 12.3 Å². The number of ether oxygens (including phenoxy) is 1. The number of benzene rings is 2. The van der Waals surface area contributed by atoms with E-state index in [9.17, 15) is 27.9 Å². The predicted molar refractivity (Wildman–Crippen MR) is 142 cm³/mol. The van der Waals surface area contributed by atoms with E-state index in [4.69, 9.17) is 16.6 Å². The molecule has 0 bridgehead atoms. The third-order valence-electron chi connectivity index (χ3n) is 7.16. The van der Waals surface area contributed by atoms with Gasteiger partial charge in [0, 0.05) is 18.8 Å². The van der Waals surface area contributed by atoms with Gasteiger partial charge in [-0.05, 0) is 68.0 Å². The molecule has 1 aliphatic rings. The third kappa shape index (κ3) is 6.41.